The first-order valence-corrected chi connectivity index (χ1v) is 11.4. The van der Waals surface area contributed by atoms with Crippen LogP contribution in [-0.2, 0) is 17.8 Å². The third-order valence-electron chi connectivity index (χ3n) is 6.25. The van der Waals surface area contributed by atoms with E-state index >= 15 is 0 Å². The van der Waals surface area contributed by atoms with E-state index in [2.05, 4.69) is 47.3 Å². The van der Waals surface area contributed by atoms with Crippen LogP contribution in [0, 0.1) is 6.92 Å². The monoisotopic (exact) mass is 448 g/mol. The van der Waals surface area contributed by atoms with Gasteiger partial charge in [-0.3, -0.25) is 9.48 Å². The standard InChI is InChI=1S/C26H32N4O3/c1-5-21-16-19(2)30(27-21)18-26(31)29-14-12-28(13-15-29)23-9-7-6-8-22(23)20-10-11-24(32-3)25(17-20)33-4/h6-11,16-17H,5,12-15,18H2,1-4H3. The van der Waals surface area contributed by atoms with Gasteiger partial charge in [0.05, 0.1) is 19.9 Å². The van der Waals surface area contributed by atoms with Crippen molar-refractivity contribution in [3.8, 4) is 22.6 Å². The molecule has 0 spiro atoms. The van der Waals surface area contributed by atoms with Gasteiger partial charge in [-0.1, -0.05) is 31.2 Å². The van der Waals surface area contributed by atoms with E-state index in [1.807, 2.05) is 34.7 Å². The third-order valence-corrected chi connectivity index (χ3v) is 6.25. The molecule has 0 N–H and O–H groups in total. The number of amides is 1. The molecule has 0 bridgehead atoms. The molecule has 1 fully saturated rings. The Hall–Kier alpha value is -3.48. The quantitative estimate of drug-likeness (QED) is 0.551. The minimum atomic E-state index is 0.122. The van der Waals surface area contributed by atoms with Crippen LogP contribution in [0.5, 0.6) is 11.5 Å². The highest BCUT2D eigenvalue weighted by atomic mass is 16.5. The van der Waals surface area contributed by atoms with Crippen molar-refractivity contribution in [2.45, 2.75) is 26.8 Å². The number of carbonyl (C=O) groups is 1. The summed E-state index contributed by atoms with van der Waals surface area (Å²) in [5.41, 5.74) is 5.42. The Balaban J connectivity index is 1.46. The fraction of sp³-hybridized carbons (Fsp3) is 0.385. The number of hydrogen-bond donors (Lipinski definition) is 0. The van der Waals surface area contributed by atoms with Gasteiger partial charge in [0.25, 0.3) is 0 Å². The zero-order chi connectivity index (χ0) is 23.4. The lowest BCUT2D eigenvalue weighted by Gasteiger charge is -2.37. The van der Waals surface area contributed by atoms with Crippen molar-refractivity contribution < 1.29 is 14.3 Å². The van der Waals surface area contributed by atoms with Crippen molar-refractivity contribution in [2.24, 2.45) is 0 Å². The summed E-state index contributed by atoms with van der Waals surface area (Å²) in [6.45, 7) is 7.34. The van der Waals surface area contributed by atoms with Crippen molar-refractivity contribution in [1.29, 1.82) is 0 Å². The molecule has 1 amide bonds. The van der Waals surface area contributed by atoms with Gasteiger partial charge in [0.15, 0.2) is 11.5 Å². The summed E-state index contributed by atoms with van der Waals surface area (Å²) in [6.07, 6.45) is 0.875. The first kappa shape index (κ1) is 22.7. The fourth-order valence-electron chi connectivity index (χ4n) is 4.33. The number of benzene rings is 2. The molecule has 1 aliphatic heterocycles. The van der Waals surface area contributed by atoms with E-state index < -0.39 is 0 Å². The number of piperazine rings is 1. The number of rotatable bonds is 7. The average Bonchev–Trinajstić information content (AvgIpc) is 3.22. The molecule has 1 saturated heterocycles. The van der Waals surface area contributed by atoms with Crippen molar-refractivity contribution in [2.75, 3.05) is 45.3 Å². The number of methoxy groups -OCH3 is 2. The molecule has 1 aromatic heterocycles. The maximum absolute atomic E-state index is 12.9. The Morgan fingerprint density at radius 3 is 2.36 bits per heavy atom. The van der Waals surface area contributed by atoms with Gasteiger partial charge in [-0.25, -0.2) is 0 Å². The molecule has 0 radical (unpaired) electrons. The summed E-state index contributed by atoms with van der Waals surface area (Å²) in [6, 6.07) is 16.4. The van der Waals surface area contributed by atoms with Crippen LogP contribution in [0.1, 0.15) is 18.3 Å². The van der Waals surface area contributed by atoms with Crippen LogP contribution in [0.4, 0.5) is 5.69 Å². The highest BCUT2D eigenvalue weighted by Gasteiger charge is 2.24. The molecule has 7 nitrogen and oxygen atoms in total. The van der Waals surface area contributed by atoms with Crippen LogP contribution >= 0.6 is 0 Å². The zero-order valence-electron chi connectivity index (χ0n) is 19.9. The van der Waals surface area contributed by atoms with Crippen molar-refractivity contribution in [3.63, 3.8) is 0 Å². The van der Waals surface area contributed by atoms with Crippen LogP contribution in [0.3, 0.4) is 0 Å². The maximum Gasteiger partial charge on any atom is 0.244 e. The number of nitrogens with zero attached hydrogens (tertiary/aromatic N) is 4. The normalized spacial score (nSPS) is 13.8. The Morgan fingerprint density at radius 1 is 0.970 bits per heavy atom. The number of aromatic nitrogens is 2. The summed E-state index contributed by atoms with van der Waals surface area (Å²) in [5, 5.41) is 4.54. The number of carbonyl (C=O) groups excluding carboxylic acids is 1. The van der Waals surface area contributed by atoms with E-state index in [4.69, 9.17) is 9.47 Å². The molecular weight excluding hydrogens is 416 g/mol. The summed E-state index contributed by atoms with van der Waals surface area (Å²) in [4.78, 5) is 17.2. The fourth-order valence-corrected chi connectivity index (χ4v) is 4.33. The largest absolute Gasteiger partial charge is 0.493 e. The van der Waals surface area contributed by atoms with Crippen molar-refractivity contribution in [3.05, 3.63) is 59.9 Å². The lowest BCUT2D eigenvalue weighted by atomic mass is 10.0. The topological polar surface area (TPSA) is 59.8 Å². The first-order chi connectivity index (χ1) is 16.0. The van der Waals surface area contributed by atoms with Gasteiger partial charge in [-0.15, -0.1) is 0 Å². The van der Waals surface area contributed by atoms with Crippen LogP contribution in [0.25, 0.3) is 11.1 Å². The van der Waals surface area contributed by atoms with Gasteiger partial charge >= 0.3 is 0 Å². The molecule has 7 heteroatoms. The second kappa shape index (κ2) is 9.98. The van der Waals surface area contributed by atoms with Crippen LogP contribution in [0.15, 0.2) is 48.5 Å². The van der Waals surface area contributed by atoms with E-state index in [0.717, 1.165) is 47.7 Å². The molecule has 1 aliphatic rings. The minimum Gasteiger partial charge on any atom is -0.493 e. The van der Waals surface area contributed by atoms with E-state index in [-0.39, 0.29) is 5.91 Å². The van der Waals surface area contributed by atoms with Gasteiger partial charge in [0.2, 0.25) is 5.91 Å². The number of aryl methyl sites for hydroxylation is 2. The van der Waals surface area contributed by atoms with Crippen molar-refractivity contribution >= 4 is 11.6 Å². The molecule has 0 aliphatic carbocycles. The smallest absolute Gasteiger partial charge is 0.244 e. The summed E-state index contributed by atoms with van der Waals surface area (Å²) >= 11 is 0. The molecule has 0 unspecified atom stereocenters. The number of hydrogen-bond acceptors (Lipinski definition) is 5. The molecule has 4 rings (SSSR count). The van der Waals surface area contributed by atoms with Gasteiger partial charge in [0, 0.05) is 43.1 Å². The highest BCUT2D eigenvalue weighted by Crippen LogP contribution is 2.36. The Kier molecular flexibility index (Phi) is 6.87. The Morgan fingerprint density at radius 2 is 1.70 bits per heavy atom. The second-order valence-electron chi connectivity index (χ2n) is 8.24. The van der Waals surface area contributed by atoms with E-state index in [0.29, 0.717) is 31.1 Å². The van der Waals surface area contributed by atoms with Gasteiger partial charge in [0.1, 0.15) is 6.54 Å². The first-order valence-electron chi connectivity index (χ1n) is 11.4. The minimum absolute atomic E-state index is 0.122. The zero-order valence-corrected chi connectivity index (χ0v) is 19.9. The van der Waals surface area contributed by atoms with Gasteiger partial charge < -0.3 is 19.3 Å². The second-order valence-corrected chi connectivity index (χ2v) is 8.24. The lowest BCUT2D eigenvalue weighted by Crippen LogP contribution is -2.49. The highest BCUT2D eigenvalue weighted by molar-refractivity contribution is 5.81. The third kappa shape index (κ3) is 4.82. The summed E-state index contributed by atoms with van der Waals surface area (Å²) in [5.74, 6) is 1.54. The molecular formula is C26H32N4O3. The summed E-state index contributed by atoms with van der Waals surface area (Å²) < 4.78 is 12.7. The molecule has 0 atom stereocenters. The lowest BCUT2D eigenvalue weighted by molar-refractivity contribution is -0.132. The van der Waals surface area contributed by atoms with E-state index in [1.165, 1.54) is 0 Å². The molecule has 0 saturated carbocycles. The van der Waals surface area contributed by atoms with Crippen LogP contribution in [-0.4, -0.2) is 61.0 Å². The predicted octanol–water partition coefficient (Wildman–Crippen LogP) is 3.79. The molecule has 2 aromatic carbocycles. The summed E-state index contributed by atoms with van der Waals surface area (Å²) in [7, 11) is 3.29. The molecule has 33 heavy (non-hydrogen) atoms. The molecule has 2 heterocycles. The van der Waals surface area contributed by atoms with Gasteiger partial charge in [-0.2, -0.15) is 5.10 Å². The number of anilines is 1. The van der Waals surface area contributed by atoms with Crippen LogP contribution in [0.2, 0.25) is 0 Å². The Labute approximate surface area is 195 Å². The number of para-hydroxylation sites is 1. The van der Waals surface area contributed by atoms with E-state index in [9.17, 15) is 4.79 Å². The average molecular weight is 449 g/mol. The van der Waals surface area contributed by atoms with Crippen LogP contribution < -0.4 is 14.4 Å². The molecule has 3 aromatic rings. The van der Waals surface area contributed by atoms with Crippen molar-refractivity contribution in [1.82, 2.24) is 14.7 Å². The van der Waals surface area contributed by atoms with E-state index in [1.54, 1.807) is 14.2 Å². The molecule has 174 valence electrons. The SMILES string of the molecule is CCc1cc(C)n(CC(=O)N2CCN(c3ccccc3-c3ccc(OC)c(OC)c3)CC2)n1. The van der Waals surface area contributed by atoms with Gasteiger partial charge in [-0.05, 0) is 43.2 Å². The predicted molar refractivity (Wildman–Crippen MR) is 130 cm³/mol. The number of ether oxygens (including phenoxy) is 2. The Bertz CT molecular complexity index is 1120. The maximum atomic E-state index is 12.9.